The van der Waals surface area contributed by atoms with Crippen LogP contribution in [0.5, 0.6) is 0 Å². The summed E-state index contributed by atoms with van der Waals surface area (Å²) in [5.74, 6) is 0. The quantitative estimate of drug-likeness (QED) is 0.754. The predicted molar refractivity (Wildman–Crippen MR) is 93.2 cm³/mol. The lowest BCUT2D eigenvalue weighted by atomic mass is 10.1. The van der Waals surface area contributed by atoms with E-state index >= 15 is 0 Å². The highest BCUT2D eigenvalue weighted by atomic mass is 32.2. The van der Waals surface area contributed by atoms with Gasteiger partial charge in [0, 0.05) is 15.8 Å². The summed E-state index contributed by atoms with van der Waals surface area (Å²) in [4.78, 5) is 2.64. The van der Waals surface area contributed by atoms with Crippen LogP contribution >= 0.6 is 11.8 Å². The molecule has 0 amide bonds. The van der Waals surface area contributed by atoms with Crippen molar-refractivity contribution in [1.29, 1.82) is 0 Å². The lowest BCUT2D eigenvalue weighted by Gasteiger charge is -2.16. The topological polar surface area (TPSA) is 12.0 Å². The third-order valence-electron chi connectivity index (χ3n) is 3.70. The molecule has 0 aliphatic heterocycles. The third kappa shape index (κ3) is 4.36. The van der Waals surface area contributed by atoms with Crippen molar-refractivity contribution in [2.45, 2.75) is 49.9 Å². The molecule has 1 unspecified atom stereocenters. The molecule has 0 saturated carbocycles. The molecule has 112 valence electrons. The first-order chi connectivity index (χ1) is 10.1. The summed E-state index contributed by atoms with van der Waals surface area (Å²) in [5.41, 5.74) is 4.05. The first-order valence-corrected chi connectivity index (χ1v) is 8.54. The molecule has 0 radical (unpaired) electrons. The van der Waals surface area contributed by atoms with Gasteiger partial charge in [-0.05, 0) is 56.1 Å². The molecule has 0 spiro atoms. The van der Waals surface area contributed by atoms with Crippen LogP contribution in [0.2, 0.25) is 0 Å². The van der Waals surface area contributed by atoms with Gasteiger partial charge in [0.1, 0.15) is 0 Å². The Bertz CT molecular complexity index is 575. The Balaban J connectivity index is 2.11. The standard InChI is InChI=1S/C19H25NS/c1-5-18(20-6-2)16-8-10-17(11-9-16)21-19-12-7-14(3)13-15(19)4/h7-13,18,20H,5-6H2,1-4H3. The highest BCUT2D eigenvalue weighted by molar-refractivity contribution is 7.99. The maximum atomic E-state index is 3.53. The van der Waals surface area contributed by atoms with Gasteiger partial charge in [-0.15, -0.1) is 0 Å². The Labute approximate surface area is 133 Å². The van der Waals surface area contributed by atoms with Crippen molar-refractivity contribution in [2.75, 3.05) is 6.54 Å². The first-order valence-electron chi connectivity index (χ1n) is 7.72. The molecule has 0 aromatic heterocycles. The zero-order valence-corrected chi connectivity index (χ0v) is 14.3. The van der Waals surface area contributed by atoms with Crippen molar-refractivity contribution < 1.29 is 0 Å². The van der Waals surface area contributed by atoms with Gasteiger partial charge in [-0.3, -0.25) is 0 Å². The zero-order chi connectivity index (χ0) is 15.2. The average Bonchev–Trinajstić information content (AvgIpc) is 2.48. The second kappa shape index (κ2) is 7.67. The summed E-state index contributed by atoms with van der Waals surface area (Å²) in [6, 6.07) is 16.1. The molecule has 1 N–H and O–H groups in total. The van der Waals surface area contributed by atoms with Crippen molar-refractivity contribution in [3.63, 3.8) is 0 Å². The van der Waals surface area contributed by atoms with Crippen LogP contribution in [0.4, 0.5) is 0 Å². The number of hydrogen-bond acceptors (Lipinski definition) is 2. The SMILES string of the molecule is CCNC(CC)c1ccc(Sc2ccc(C)cc2C)cc1. The monoisotopic (exact) mass is 299 g/mol. The van der Waals surface area contributed by atoms with E-state index in [2.05, 4.69) is 75.5 Å². The van der Waals surface area contributed by atoms with E-state index in [1.165, 1.54) is 26.5 Å². The van der Waals surface area contributed by atoms with Crippen LogP contribution in [0, 0.1) is 13.8 Å². The Morgan fingerprint density at radius 3 is 2.29 bits per heavy atom. The van der Waals surface area contributed by atoms with Crippen LogP contribution in [-0.4, -0.2) is 6.54 Å². The average molecular weight is 299 g/mol. The fourth-order valence-corrected chi connectivity index (χ4v) is 3.44. The Kier molecular flexibility index (Phi) is 5.89. The highest BCUT2D eigenvalue weighted by Crippen LogP contribution is 2.31. The molecule has 2 heteroatoms. The molecule has 0 heterocycles. The third-order valence-corrected chi connectivity index (χ3v) is 4.89. The predicted octanol–water partition coefficient (Wildman–Crippen LogP) is 5.52. The summed E-state index contributed by atoms with van der Waals surface area (Å²) in [6.45, 7) is 9.72. The Hall–Kier alpha value is -1.25. The van der Waals surface area contributed by atoms with Crippen LogP contribution in [0.3, 0.4) is 0 Å². The van der Waals surface area contributed by atoms with E-state index in [0.717, 1.165) is 13.0 Å². The van der Waals surface area contributed by atoms with Gasteiger partial charge >= 0.3 is 0 Å². The van der Waals surface area contributed by atoms with Gasteiger partial charge in [0.15, 0.2) is 0 Å². The molecule has 0 aliphatic rings. The van der Waals surface area contributed by atoms with Crippen molar-refractivity contribution in [1.82, 2.24) is 5.32 Å². The lowest BCUT2D eigenvalue weighted by Crippen LogP contribution is -2.19. The van der Waals surface area contributed by atoms with Crippen LogP contribution in [0.25, 0.3) is 0 Å². The van der Waals surface area contributed by atoms with Gasteiger partial charge in [-0.1, -0.05) is 55.4 Å². The molecule has 1 atom stereocenters. The fraction of sp³-hybridized carbons (Fsp3) is 0.368. The Morgan fingerprint density at radius 1 is 1.00 bits per heavy atom. The minimum Gasteiger partial charge on any atom is -0.310 e. The van der Waals surface area contributed by atoms with E-state index in [9.17, 15) is 0 Å². The van der Waals surface area contributed by atoms with Crippen molar-refractivity contribution in [3.8, 4) is 0 Å². The maximum absolute atomic E-state index is 3.53. The van der Waals surface area contributed by atoms with Crippen LogP contribution in [0.15, 0.2) is 52.3 Å². The van der Waals surface area contributed by atoms with E-state index in [1.54, 1.807) is 0 Å². The maximum Gasteiger partial charge on any atom is 0.0317 e. The van der Waals surface area contributed by atoms with Crippen molar-refractivity contribution in [3.05, 3.63) is 59.2 Å². The van der Waals surface area contributed by atoms with E-state index in [-0.39, 0.29) is 0 Å². The first kappa shape index (κ1) is 16.1. The van der Waals surface area contributed by atoms with E-state index < -0.39 is 0 Å². The van der Waals surface area contributed by atoms with Gasteiger partial charge in [0.25, 0.3) is 0 Å². The molecule has 0 aliphatic carbocycles. The molecule has 2 rings (SSSR count). The summed E-state index contributed by atoms with van der Waals surface area (Å²) in [6.07, 6.45) is 1.12. The van der Waals surface area contributed by atoms with Crippen molar-refractivity contribution >= 4 is 11.8 Å². The van der Waals surface area contributed by atoms with Gasteiger partial charge in [-0.2, -0.15) is 0 Å². The van der Waals surface area contributed by atoms with Gasteiger partial charge < -0.3 is 5.32 Å². The molecule has 2 aromatic carbocycles. The number of rotatable bonds is 6. The number of nitrogens with one attached hydrogen (secondary N) is 1. The van der Waals surface area contributed by atoms with E-state index in [0.29, 0.717) is 6.04 Å². The second-order valence-corrected chi connectivity index (χ2v) is 6.57. The molecule has 21 heavy (non-hydrogen) atoms. The number of benzene rings is 2. The van der Waals surface area contributed by atoms with Gasteiger partial charge in [0.2, 0.25) is 0 Å². The molecule has 1 nitrogen and oxygen atoms in total. The molecule has 0 fully saturated rings. The molecule has 0 bridgehead atoms. The van der Waals surface area contributed by atoms with Crippen LogP contribution in [0.1, 0.15) is 43.0 Å². The van der Waals surface area contributed by atoms with E-state index in [1.807, 2.05) is 11.8 Å². The van der Waals surface area contributed by atoms with Crippen LogP contribution < -0.4 is 5.32 Å². The van der Waals surface area contributed by atoms with Gasteiger partial charge in [0.05, 0.1) is 0 Å². The summed E-state index contributed by atoms with van der Waals surface area (Å²) in [7, 11) is 0. The fourth-order valence-electron chi connectivity index (χ4n) is 2.55. The highest BCUT2D eigenvalue weighted by Gasteiger charge is 2.08. The van der Waals surface area contributed by atoms with Gasteiger partial charge in [-0.25, -0.2) is 0 Å². The number of hydrogen-bond donors (Lipinski definition) is 1. The molecule has 0 saturated heterocycles. The van der Waals surface area contributed by atoms with Crippen LogP contribution in [-0.2, 0) is 0 Å². The summed E-state index contributed by atoms with van der Waals surface area (Å²) >= 11 is 1.84. The largest absolute Gasteiger partial charge is 0.310 e. The second-order valence-electron chi connectivity index (χ2n) is 5.46. The van der Waals surface area contributed by atoms with Crippen molar-refractivity contribution in [2.24, 2.45) is 0 Å². The smallest absolute Gasteiger partial charge is 0.0317 e. The summed E-state index contributed by atoms with van der Waals surface area (Å²) < 4.78 is 0. The number of aryl methyl sites for hydroxylation is 2. The minimum atomic E-state index is 0.468. The minimum absolute atomic E-state index is 0.468. The Morgan fingerprint density at radius 2 is 1.71 bits per heavy atom. The summed E-state index contributed by atoms with van der Waals surface area (Å²) in [5, 5.41) is 3.53. The molecular formula is C19H25NS. The lowest BCUT2D eigenvalue weighted by molar-refractivity contribution is 0.537. The molecular weight excluding hydrogens is 274 g/mol. The van der Waals surface area contributed by atoms with E-state index in [4.69, 9.17) is 0 Å². The normalized spacial score (nSPS) is 12.4. The zero-order valence-electron chi connectivity index (χ0n) is 13.4. The molecule has 2 aromatic rings.